The van der Waals surface area contributed by atoms with E-state index in [0.717, 1.165) is 17.7 Å². The van der Waals surface area contributed by atoms with Gasteiger partial charge in [-0.2, -0.15) is 0 Å². The fourth-order valence-corrected chi connectivity index (χ4v) is 2.52. The van der Waals surface area contributed by atoms with Crippen molar-refractivity contribution in [3.05, 3.63) is 59.2 Å². The topological polar surface area (TPSA) is 51.2 Å². The summed E-state index contributed by atoms with van der Waals surface area (Å²) in [6.07, 6.45) is 4.77. The minimum Gasteiger partial charge on any atom is -0.461 e. The molecular weight excluding hydrogens is 307 g/mol. The predicted molar refractivity (Wildman–Crippen MR) is 90.6 cm³/mol. The molecular formula is C19H21FN2O2. The Morgan fingerprint density at radius 3 is 2.71 bits per heavy atom. The molecule has 0 amide bonds. The quantitative estimate of drug-likeness (QED) is 0.785. The number of hydrogen-bond donors (Lipinski definition) is 1. The molecule has 2 aromatic rings. The summed E-state index contributed by atoms with van der Waals surface area (Å²) < 4.78 is 18.1. The second-order valence-electron chi connectivity index (χ2n) is 6.09. The summed E-state index contributed by atoms with van der Waals surface area (Å²) in [6, 6.07) is 8.34. The number of carbonyl (C=O) groups excluding carboxylic acids is 1. The highest BCUT2D eigenvalue weighted by Gasteiger charge is 2.22. The number of carbonyl (C=O) groups is 1. The van der Waals surface area contributed by atoms with Crippen LogP contribution in [0.25, 0.3) is 0 Å². The van der Waals surface area contributed by atoms with Crippen LogP contribution in [-0.4, -0.2) is 24.1 Å². The van der Waals surface area contributed by atoms with Gasteiger partial charge in [-0.25, -0.2) is 14.2 Å². The van der Waals surface area contributed by atoms with Gasteiger partial charge in [0.15, 0.2) is 5.69 Å². The number of aromatic nitrogens is 1. The number of esters is 1. The van der Waals surface area contributed by atoms with Crippen LogP contribution in [0.4, 0.5) is 10.1 Å². The number of hydrogen-bond acceptors (Lipinski definition) is 4. The Kier molecular flexibility index (Phi) is 5.08. The monoisotopic (exact) mass is 328 g/mol. The number of pyridine rings is 1. The maximum absolute atomic E-state index is 13.0. The van der Waals surface area contributed by atoms with Crippen LogP contribution >= 0.6 is 0 Å². The molecule has 0 atom stereocenters. The molecule has 0 radical (unpaired) electrons. The highest BCUT2D eigenvalue weighted by atomic mass is 19.1. The maximum Gasteiger partial charge on any atom is 0.359 e. The summed E-state index contributed by atoms with van der Waals surface area (Å²) in [4.78, 5) is 16.4. The second-order valence-corrected chi connectivity index (χ2v) is 6.09. The Morgan fingerprint density at radius 1 is 1.29 bits per heavy atom. The highest BCUT2D eigenvalue weighted by molar-refractivity contribution is 5.93. The zero-order valence-electron chi connectivity index (χ0n) is 13.7. The van der Waals surface area contributed by atoms with Gasteiger partial charge in [0.05, 0.1) is 12.3 Å². The lowest BCUT2D eigenvalue weighted by atomic mass is 10.1. The Bertz CT molecular complexity index is 712. The molecule has 1 aliphatic carbocycles. The first-order valence-electron chi connectivity index (χ1n) is 8.30. The molecule has 1 N–H and O–H groups in total. The fourth-order valence-electron chi connectivity index (χ4n) is 2.52. The van der Waals surface area contributed by atoms with E-state index in [1.807, 2.05) is 6.07 Å². The average molecular weight is 328 g/mol. The summed E-state index contributed by atoms with van der Waals surface area (Å²) in [5.74, 6) is 0.0197. The summed E-state index contributed by atoms with van der Waals surface area (Å²) in [5.41, 5.74) is 2.99. The van der Waals surface area contributed by atoms with Crippen molar-refractivity contribution in [3.63, 3.8) is 0 Å². The Morgan fingerprint density at radius 2 is 2.04 bits per heavy atom. The van der Waals surface area contributed by atoms with Crippen LogP contribution in [0.2, 0.25) is 0 Å². The molecule has 1 saturated carbocycles. The lowest BCUT2D eigenvalue weighted by Crippen LogP contribution is -2.14. The molecule has 1 aliphatic rings. The van der Waals surface area contributed by atoms with E-state index in [-0.39, 0.29) is 5.82 Å². The minimum atomic E-state index is -0.413. The van der Waals surface area contributed by atoms with E-state index in [2.05, 4.69) is 10.3 Å². The van der Waals surface area contributed by atoms with Gasteiger partial charge in [-0.05, 0) is 61.4 Å². The van der Waals surface area contributed by atoms with Crippen molar-refractivity contribution < 1.29 is 13.9 Å². The van der Waals surface area contributed by atoms with E-state index in [1.54, 1.807) is 25.3 Å². The Hall–Kier alpha value is -2.43. The average Bonchev–Trinajstić information content (AvgIpc) is 3.40. The first-order chi connectivity index (χ1) is 11.7. The molecule has 1 heterocycles. The molecule has 1 aromatic heterocycles. The Balaban J connectivity index is 1.80. The van der Waals surface area contributed by atoms with Crippen molar-refractivity contribution in [1.82, 2.24) is 4.98 Å². The molecule has 0 aliphatic heterocycles. The predicted octanol–water partition coefficient (Wildman–Crippen LogP) is 3.81. The number of anilines is 1. The number of nitrogens with one attached hydrogen (secondary N) is 1. The zero-order chi connectivity index (χ0) is 16.9. The van der Waals surface area contributed by atoms with E-state index in [9.17, 15) is 9.18 Å². The molecule has 0 spiro atoms. The minimum absolute atomic E-state index is 0.249. The number of halogens is 1. The van der Waals surface area contributed by atoms with E-state index in [0.29, 0.717) is 30.3 Å². The smallest absolute Gasteiger partial charge is 0.359 e. The molecule has 0 unspecified atom stereocenters. The largest absolute Gasteiger partial charge is 0.461 e. The fraction of sp³-hybridized carbons (Fsp3) is 0.368. The molecule has 1 fully saturated rings. The van der Waals surface area contributed by atoms with Crippen molar-refractivity contribution in [1.29, 1.82) is 0 Å². The molecule has 1 aromatic carbocycles. The lowest BCUT2D eigenvalue weighted by molar-refractivity contribution is 0.0520. The third-order valence-corrected chi connectivity index (χ3v) is 4.01. The molecule has 3 rings (SSSR count). The lowest BCUT2D eigenvalue weighted by Gasteiger charge is -2.12. The number of ether oxygens (including phenoxy) is 1. The van der Waals surface area contributed by atoms with E-state index >= 15 is 0 Å². The van der Waals surface area contributed by atoms with Crippen molar-refractivity contribution in [3.8, 4) is 0 Å². The number of rotatable bonds is 7. The Labute approximate surface area is 141 Å². The van der Waals surface area contributed by atoms with Gasteiger partial charge in [0, 0.05) is 12.7 Å². The molecule has 5 heteroatoms. The van der Waals surface area contributed by atoms with Crippen LogP contribution in [0.15, 0.2) is 36.5 Å². The van der Waals surface area contributed by atoms with E-state index in [4.69, 9.17) is 4.74 Å². The second kappa shape index (κ2) is 7.43. The molecule has 24 heavy (non-hydrogen) atoms. The van der Waals surface area contributed by atoms with E-state index in [1.165, 1.54) is 25.0 Å². The SMILES string of the molecule is CCOC(=O)c1ncc(Cc2ccc(F)cc2)cc1NCC1CC1. The van der Waals surface area contributed by atoms with Gasteiger partial charge in [0.25, 0.3) is 0 Å². The van der Waals surface area contributed by atoms with Crippen LogP contribution in [0, 0.1) is 11.7 Å². The summed E-state index contributed by atoms with van der Waals surface area (Å²) in [6.45, 7) is 2.94. The first-order valence-corrected chi connectivity index (χ1v) is 8.30. The third-order valence-electron chi connectivity index (χ3n) is 4.01. The molecule has 0 saturated heterocycles. The number of benzene rings is 1. The normalized spacial score (nSPS) is 13.6. The van der Waals surface area contributed by atoms with Gasteiger partial charge in [0.1, 0.15) is 5.82 Å². The van der Waals surface area contributed by atoms with Crippen LogP contribution in [0.1, 0.15) is 41.4 Å². The van der Waals surface area contributed by atoms with Crippen molar-refractivity contribution in [2.24, 2.45) is 5.92 Å². The van der Waals surface area contributed by atoms with Gasteiger partial charge < -0.3 is 10.1 Å². The summed E-state index contributed by atoms with van der Waals surface area (Å²) >= 11 is 0. The molecule has 126 valence electrons. The zero-order valence-corrected chi connectivity index (χ0v) is 13.7. The van der Waals surface area contributed by atoms with Crippen molar-refractivity contribution in [2.45, 2.75) is 26.2 Å². The maximum atomic E-state index is 13.0. The summed E-state index contributed by atoms with van der Waals surface area (Å²) in [5, 5.41) is 3.33. The first kappa shape index (κ1) is 16.4. The van der Waals surface area contributed by atoms with Crippen LogP contribution < -0.4 is 5.32 Å². The van der Waals surface area contributed by atoms with Crippen molar-refractivity contribution >= 4 is 11.7 Å². The molecule has 0 bridgehead atoms. The number of nitrogens with zero attached hydrogens (tertiary/aromatic N) is 1. The van der Waals surface area contributed by atoms with Crippen molar-refractivity contribution in [2.75, 3.05) is 18.5 Å². The van der Waals surface area contributed by atoms with Crippen LogP contribution in [0.3, 0.4) is 0 Å². The van der Waals surface area contributed by atoms with Gasteiger partial charge in [-0.3, -0.25) is 0 Å². The molecule has 4 nitrogen and oxygen atoms in total. The van der Waals surface area contributed by atoms with Gasteiger partial charge in [0.2, 0.25) is 0 Å². The van der Waals surface area contributed by atoms with Crippen LogP contribution in [-0.2, 0) is 11.2 Å². The van der Waals surface area contributed by atoms with E-state index < -0.39 is 5.97 Å². The third kappa shape index (κ3) is 4.31. The highest BCUT2D eigenvalue weighted by Crippen LogP contribution is 2.29. The summed E-state index contributed by atoms with van der Waals surface area (Å²) in [7, 11) is 0. The van der Waals surface area contributed by atoms with Gasteiger partial charge in [-0.15, -0.1) is 0 Å². The van der Waals surface area contributed by atoms with Crippen LogP contribution in [0.5, 0.6) is 0 Å². The van der Waals surface area contributed by atoms with Gasteiger partial charge in [-0.1, -0.05) is 12.1 Å². The standard InChI is InChI=1S/C19H21FN2O2/c1-2-24-19(23)18-17(21-11-14-3-4-14)10-15(12-22-18)9-13-5-7-16(20)8-6-13/h5-8,10,12,14,21H,2-4,9,11H2,1H3. The van der Waals surface area contributed by atoms with Gasteiger partial charge >= 0.3 is 5.97 Å².